The van der Waals surface area contributed by atoms with Gasteiger partial charge in [-0.3, -0.25) is 9.59 Å². The van der Waals surface area contributed by atoms with Crippen molar-refractivity contribution in [3.05, 3.63) is 35.4 Å². The van der Waals surface area contributed by atoms with Crippen molar-refractivity contribution in [2.24, 2.45) is 0 Å². The second kappa shape index (κ2) is 7.54. The van der Waals surface area contributed by atoms with Gasteiger partial charge in [0, 0.05) is 13.5 Å². The van der Waals surface area contributed by atoms with Gasteiger partial charge in [0.05, 0.1) is 0 Å². The minimum Gasteiger partial charge on any atom is -0.480 e. The number of amides is 1. The molecular formula is C13H16F2N2O3. The zero-order valence-corrected chi connectivity index (χ0v) is 11.0. The summed E-state index contributed by atoms with van der Waals surface area (Å²) in [5, 5.41) is 14.4. The van der Waals surface area contributed by atoms with Gasteiger partial charge in [-0.2, -0.15) is 0 Å². The van der Waals surface area contributed by atoms with E-state index in [1.165, 1.54) is 13.0 Å². The normalized spacial score (nSPS) is 11.9. The maximum absolute atomic E-state index is 13.1. The summed E-state index contributed by atoms with van der Waals surface area (Å²) in [6, 6.07) is 1.84. The highest BCUT2D eigenvalue weighted by Crippen LogP contribution is 2.16. The van der Waals surface area contributed by atoms with E-state index in [0.717, 1.165) is 12.1 Å². The molecule has 20 heavy (non-hydrogen) atoms. The third-order valence-electron chi connectivity index (χ3n) is 2.60. The Morgan fingerprint density at radius 3 is 2.50 bits per heavy atom. The SMILES string of the molecule is CC(=O)NCCCNC(C(=O)O)c1ccc(F)c(F)c1. The Morgan fingerprint density at radius 1 is 1.25 bits per heavy atom. The molecule has 0 aliphatic heterocycles. The number of rotatable bonds is 7. The first-order valence-electron chi connectivity index (χ1n) is 6.07. The van der Waals surface area contributed by atoms with Crippen LogP contribution in [-0.4, -0.2) is 30.1 Å². The van der Waals surface area contributed by atoms with Crippen molar-refractivity contribution in [2.75, 3.05) is 13.1 Å². The van der Waals surface area contributed by atoms with E-state index in [1.807, 2.05) is 0 Å². The number of carbonyl (C=O) groups is 2. The van der Waals surface area contributed by atoms with Gasteiger partial charge in [0.25, 0.3) is 0 Å². The van der Waals surface area contributed by atoms with E-state index in [9.17, 15) is 18.4 Å². The molecule has 110 valence electrons. The van der Waals surface area contributed by atoms with Crippen molar-refractivity contribution in [2.45, 2.75) is 19.4 Å². The van der Waals surface area contributed by atoms with Crippen LogP contribution in [0.2, 0.25) is 0 Å². The highest BCUT2D eigenvalue weighted by atomic mass is 19.2. The fourth-order valence-electron chi connectivity index (χ4n) is 1.64. The molecule has 0 aliphatic rings. The van der Waals surface area contributed by atoms with E-state index in [2.05, 4.69) is 10.6 Å². The summed E-state index contributed by atoms with van der Waals surface area (Å²) in [5.74, 6) is -3.46. The molecule has 1 unspecified atom stereocenters. The third kappa shape index (κ3) is 4.93. The highest BCUT2D eigenvalue weighted by Gasteiger charge is 2.20. The molecule has 1 amide bonds. The van der Waals surface area contributed by atoms with Crippen LogP contribution in [0.4, 0.5) is 8.78 Å². The molecule has 0 saturated carbocycles. The average molecular weight is 286 g/mol. The summed E-state index contributed by atoms with van der Waals surface area (Å²) in [7, 11) is 0. The number of benzene rings is 1. The van der Waals surface area contributed by atoms with Crippen molar-refractivity contribution < 1.29 is 23.5 Å². The summed E-state index contributed by atoms with van der Waals surface area (Å²) in [4.78, 5) is 21.8. The van der Waals surface area contributed by atoms with E-state index in [4.69, 9.17) is 5.11 Å². The molecule has 1 rings (SSSR count). The van der Waals surface area contributed by atoms with Gasteiger partial charge in [-0.05, 0) is 30.7 Å². The first-order chi connectivity index (χ1) is 9.41. The van der Waals surface area contributed by atoms with Crippen LogP contribution in [0.5, 0.6) is 0 Å². The van der Waals surface area contributed by atoms with Crippen molar-refractivity contribution in [3.8, 4) is 0 Å². The second-order valence-electron chi connectivity index (χ2n) is 4.24. The Kier molecular flexibility index (Phi) is 6.05. The van der Waals surface area contributed by atoms with Crippen LogP contribution < -0.4 is 10.6 Å². The molecule has 0 saturated heterocycles. The van der Waals surface area contributed by atoms with Crippen LogP contribution in [0.15, 0.2) is 18.2 Å². The van der Waals surface area contributed by atoms with Gasteiger partial charge < -0.3 is 15.7 Å². The monoisotopic (exact) mass is 286 g/mol. The molecule has 0 bridgehead atoms. The van der Waals surface area contributed by atoms with Gasteiger partial charge in [0.2, 0.25) is 5.91 Å². The Morgan fingerprint density at radius 2 is 1.95 bits per heavy atom. The number of carbonyl (C=O) groups excluding carboxylic acids is 1. The summed E-state index contributed by atoms with van der Waals surface area (Å²) < 4.78 is 25.9. The van der Waals surface area contributed by atoms with Crippen LogP contribution in [0.3, 0.4) is 0 Å². The fraction of sp³-hybridized carbons (Fsp3) is 0.385. The molecule has 0 aromatic heterocycles. The average Bonchev–Trinajstić information content (AvgIpc) is 2.36. The predicted molar refractivity (Wildman–Crippen MR) is 68.0 cm³/mol. The number of hydrogen-bond donors (Lipinski definition) is 3. The summed E-state index contributed by atoms with van der Waals surface area (Å²) >= 11 is 0. The quantitative estimate of drug-likeness (QED) is 0.658. The number of nitrogens with one attached hydrogen (secondary N) is 2. The lowest BCUT2D eigenvalue weighted by Gasteiger charge is -2.15. The lowest BCUT2D eigenvalue weighted by atomic mass is 10.1. The van der Waals surface area contributed by atoms with Crippen molar-refractivity contribution in [1.82, 2.24) is 10.6 Å². The molecule has 1 atom stereocenters. The molecule has 0 radical (unpaired) electrons. The molecular weight excluding hydrogens is 270 g/mol. The van der Waals surface area contributed by atoms with Gasteiger partial charge in [-0.15, -0.1) is 0 Å². The smallest absolute Gasteiger partial charge is 0.325 e. The molecule has 1 aromatic carbocycles. The Hall–Kier alpha value is -2.02. The molecule has 1 aromatic rings. The zero-order chi connectivity index (χ0) is 15.1. The lowest BCUT2D eigenvalue weighted by molar-refractivity contribution is -0.139. The summed E-state index contributed by atoms with van der Waals surface area (Å²) in [6.07, 6.45) is 0.521. The molecule has 0 spiro atoms. The number of carboxylic acid groups (broad SMARTS) is 1. The van der Waals surface area contributed by atoms with Crippen LogP contribution >= 0.6 is 0 Å². The molecule has 3 N–H and O–H groups in total. The van der Waals surface area contributed by atoms with Crippen LogP contribution in [-0.2, 0) is 9.59 Å². The number of carboxylic acids is 1. The van der Waals surface area contributed by atoms with E-state index >= 15 is 0 Å². The van der Waals surface area contributed by atoms with Crippen LogP contribution in [0, 0.1) is 11.6 Å². The third-order valence-corrected chi connectivity index (χ3v) is 2.60. The number of hydrogen-bond acceptors (Lipinski definition) is 3. The van der Waals surface area contributed by atoms with Crippen molar-refractivity contribution in [3.63, 3.8) is 0 Å². The van der Waals surface area contributed by atoms with Crippen molar-refractivity contribution in [1.29, 1.82) is 0 Å². The van der Waals surface area contributed by atoms with Gasteiger partial charge >= 0.3 is 5.97 Å². The van der Waals surface area contributed by atoms with Gasteiger partial charge in [0.1, 0.15) is 6.04 Å². The summed E-state index contributed by atoms with van der Waals surface area (Å²) in [5.41, 5.74) is 0.135. The largest absolute Gasteiger partial charge is 0.480 e. The van der Waals surface area contributed by atoms with Crippen molar-refractivity contribution >= 4 is 11.9 Å². The predicted octanol–water partition coefficient (Wildman–Crippen LogP) is 1.21. The molecule has 0 heterocycles. The molecule has 0 fully saturated rings. The number of halogens is 2. The zero-order valence-electron chi connectivity index (χ0n) is 11.0. The Bertz CT molecular complexity index is 495. The summed E-state index contributed by atoms with van der Waals surface area (Å²) in [6.45, 7) is 2.11. The standard InChI is InChI=1S/C13H16F2N2O3/c1-8(18)16-5-2-6-17-12(13(19)20)9-3-4-10(14)11(15)7-9/h3-4,7,12,17H,2,5-6H2,1H3,(H,16,18)(H,19,20). The van der Waals surface area contributed by atoms with Crippen LogP contribution in [0.25, 0.3) is 0 Å². The second-order valence-corrected chi connectivity index (χ2v) is 4.24. The molecule has 7 heteroatoms. The Balaban J connectivity index is 2.58. The minimum atomic E-state index is -1.18. The Labute approximate surface area is 115 Å². The number of aliphatic carboxylic acids is 1. The molecule has 5 nitrogen and oxygen atoms in total. The van der Waals surface area contributed by atoms with Gasteiger partial charge in [-0.1, -0.05) is 6.07 Å². The minimum absolute atomic E-state index is 0.135. The fourth-order valence-corrected chi connectivity index (χ4v) is 1.64. The van der Waals surface area contributed by atoms with E-state index in [0.29, 0.717) is 19.5 Å². The lowest BCUT2D eigenvalue weighted by Crippen LogP contribution is -2.31. The topological polar surface area (TPSA) is 78.4 Å². The van der Waals surface area contributed by atoms with E-state index in [-0.39, 0.29) is 11.5 Å². The maximum atomic E-state index is 13.1. The first-order valence-corrected chi connectivity index (χ1v) is 6.07. The van der Waals surface area contributed by atoms with Gasteiger partial charge in [-0.25, -0.2) is 8.78 Å². The maximum Gasteiger partial charge on any atom is 0.325 e. The molecule has 0 aliphatic carbocycles. The first kappa shape index (κ1) is 16.0. The highest BCUT2D eigenvalue weighted by molar-refractivity contribution is 5.75. The van der Waals surface area contributed by atoms with Crippen LogP contribution in [0.1, 0.15) is 24.9 Å². The van der Waals surface area contributed by atoms with E-state index in [1.54, 1.807) is 0 Å². The van der Waals surface area contributed by atoms with E-state index < -0.39 is 23.6 Å². The van der Waals surface area contributed by atoms with Gasteiger partial charge in [0.15, 0.2) is 11.6 Å².